The molecule has 0 spiro atoms. The number of aryl methyl sites for hydroxylation is 2. The smallest absolute Gasteiger partial charge is 0.259 e. The molecule has 126 valence electrons. The molecule has 1 aliphatic rings. The molecular formula is C21H20N2O2. The van der Waals surface area contributed by atoms with E-state index in [1.807, 2.05) is 54.3 Å². The molecule has 1 aliphatic heterocycles. The number of pyridine rings is 1. The van der Waals surface area contributed by atoms with Gasteiger partial charge in [-0.05, 0) is 43.5 Å². The number of hydrogen-bond acceptors (Lipinski definition) is 3. The molecule has 0 atom stereocenters. The highest BCUT2D eigenvalue weighted by Gasteiger charge is 2.27. The quantitative estimate of drug-likeness (QED) is 0.708. The molecule has 0 radical (unpaired) electrons. The van der Waals surface area contributed by atoms with Crippen molar-refractivity contribution in [3.63, 3.8) is 0 Å². The maximum atomic E-state index is 13.4. The largest absolute Gasteiger partial charge is 0.495 e. The third-order valence-electron chi connectivity index (χ3n) is 4.72. The van der Waals surface area contributed by atoms with Gasteiger partial charge in [0.15, 0.2) is 0 Å². The fourth-order valence-corrected chi connectivity index (χ4v) is 3.61. The molecule has 2 aromatic carbocycles. The first-order valence-electron chi connectivity index (χ1n) is 8.53. The van der Waals surface area contributed by atoms with E-state index < -0.39 is 0 Å². The average Bonchev–Trinajstić information content (AvgIpc) is 2.65. The van der Waals surface area contributed by atoms with Crippen LogP contribution in [0, 0.1) is 6.92 Å². The van der Waals surface area contributed by atoms with Gasteiger partial charge in [-0.15, -0.1) is 0 Å². The lowest BCUT2D eigenvalue weighted by atomic mass is 9.99. The number of carbonyl (C=O) groups excluding carboxylic acids is 1. The van der Waals surface area contributed by atoms with Gasteiger partial charge in [-0.3, -0.25) is 9.78 Å². The molecule has 4 heteroatoms. The monoisotopic (exact) mass is 332 g/mol. The highest BCUT2D eigenvalue weighted by atomic mass is 16.5. The number of rotatable bonds is 2. The lowest BCUT2D eigenvalue weighted by molar-refractivity contribution is 0.0986. The summed E-state index contributed by atoms with van der Waals surface area (Å²) in [5.74, 6) is 0.757. The molecule has 3 aromatic rings. The normalized spacial score (nSPS) is 13.6. The number of nitrogens with zero attached hydrogens (tertiary/aromatic N) is 2. The summed E-state index contributed by atoms with van der Waals surface area (Å²) in [5, 5.41) is 0.889. The molecule has 0 aliphatic carbocycles. The Morgan fingerprint density at radius 2 is 2.00 bits per heavy atom. The summed E-state index contributed by atoms with van der Waals surface area (Å²) in [6.45, 7) is 2.62. The molecule has 4 rings (SSSR count). The van der Waals surface area contributed by atoms with Gasteiger partial charge in [-0.25, -0.2) is 0 Å². The van der Waals surface area contributed by atoms with E-state index in [0.717, 1.165) is 46.4 Å². The highest BCUT2D eigenvalue weighted by Crippen LogP contribution is 2.37. The molecule has 0 fully saturated rings. The van der Waals surface area contributed by atoms with Crippen molar-refractivity contribution in [1.29, 1.82) is 0 Å². The van der Waals surface area contributed by atoms with Crippen molar-refractivity contribution in [2.24, 2.45) is 0 Å². The third-order valence-corrected chi connectivity index (χ3v) is 4.72. The molecule has 25 heavy (non-hydrogen) atoms. The molecular weight excluding hydrogens is 312 g/mol. The third kappa shape index (κ3) is 2.64. The Balaban J connectivity index is 1.87. The minimum absolute atomic E-state index is 0.00662. The van der Waals surface area contributed by atoms with Crippen LogP contribution in [0.25, 0.3) is 10.9 Å². The van der Waals surface area contributed by atoms with Gasteiger partial charge in [-0.2, -0.15) is 0 Å². The first kappa shape index (κ1) is 15.6. The van der Waals surface area contributed by atoms with Crippen LogP contribution in [0.15, 0.2) is 48.5 Å². The first-order valence-corrected chi connectivity index (χ1v) is 8.53. The summed E-state index contributed by atoms with van der Waals surface area (Å²) >= 11 is 0. The molecule has 1 aromatic heterocycles. The summed E-state index contributed by atoms with van der Waals surface area (Å²) in [5.41, 5.74) is 4.46. The van der Waals surface area contributed by atoms with Crippen LogP contribution in [-0.4, -0.2) is 24.5 Å². The Hall–Kier alpha value is -2.88. The number of benzene rings is 2. The number of para-hydroxylation sites is 2. The van der Waals surface area contributed by atoms with E-state index in [1.165, 1.54) is 0 Å². The number of aromatic nitrogens is 1. The highest BCUT2D eigenvalue weighted by molar-refractivity contribution is 6.14. The van der Waals surface area contributed by atoms with Gasteiger partial charge in [0.25, 0.3) is 5.91 Å². The molecule has 0 N–H and O–H groups in total. The van der Waals surface area contributed by atoms with E-state index in [1.54, 1.807) is 7.11 Å². The Labute approximate surface area is 147 Å². The van der Waals surface area contributed by atoms with Crippen molar-refractivity contribution >= 4 is 22.5 Å². The number of anilines is 1. The Bertz CT molecular complexity index is 951. The predicted molar refractivity (Wildman–Crippen MR) is 99.5 cm³/mol. The SMILES string of the molecule is COc1cccc2c1N(C(=O)c1cc(C)nc3ccccc13)CCC2. The van der Waals surface area contributed by atoms with Gasteiger partial charge in [0.1, 0.15) is 5.75 Å². The number of carbonyl (C=O) groups is 1. The van der Waals surface area contributed by atoms with Crippen LogP contribution in [0.1, 0.15) is 28.0 Å². The second kappa shape index (κ2) is 6.20. The number of ether oxygens (including phenoxy) is 1. The Morgan fingerprint density at radius 3 is 2.84 bits per heavy atom. The average molecular weight is 332 g/mol. The number of amides is 1. The minimum atomic E-state index is 0.00662. The zero-order chi connectivity index (χ0) is 17.4. The fraction of sp³-hybridized carbons (Fsp3) is 0.238. The van der Waals surface area contributed by atoms with Crippen LogP contribution in [0.4, 0.5) is 5.69 Å². The lowest BCUT2D eigenvalue weighted by Crippen LogP contribution is -2.36. The second-order valence-electron chi connectivity index (χ2n) is 6.36. The zero-order valence-corrected chi connectivity index (χ0v) is 14.5. The Morgan fingerprint density at radius 1 is 1.16 bits per heavy atom. The van der Waals surface area contributed by atoms with Crippen LogP contribution in [-0.2, 0) is 6.42 Å². The standard InChI is InChI=1S/C21H20N2O2/c1-14-13-17(16-9-3-4-10-18(16)22-14)21(24)23-12-6-8-15-7-5-11-19(25-2)20(15)23/h3-5,7,9-11,13H,6,8,12H2,1-2H3. The molecule has 0 saturated carbocycles. The molecule has 2 heterocycles. The van der Waals surface area contributed by atoms with Crippen LogP contribution in [0.2, 0.25) is 0 Å². The summed E-state index contributed by atoms with van der Waals surface area (Å²) in [4.78, 5) is 19.8. The molecule has 4 nitrogen and oxygen atoms in total. The van der Waals surface area contributed by atoms with Gasteiger partial charge in [0, 0.05) is 17.6 Å². The van der Waals surface area contributed by atoms with E-state index in [4.69, 9.17) is 4.74 Å². The van der Waals surface area contributed by atoms with E-state index >= 15 is 0 Å². The summed E-state index contributed by atoms with van der Waals surface area (Å²) in [7, 11) is 1.65. The maximum Gasteiger partial charge on any atom is 0.259 e. The van der Waals surface area contributed by atoms with Crippen molar-refractivity contribution in [2.45, 2.75) is 19.8 Å². The zero-order valence-electron chi connectivity index (χ0n) is 14.5. The van der Waals surface area contributed by atoms with Crippen molar-refractivity contribution in [2.75, 3.05) is 18.6 Å². The van der Waals surface area contributed by atoms with Crippen molar-refractivity contribution < 1.29 is 9.53 Å². The summed E-state index contributed by atoms with van der Waals surface area (Å²) < 4.78 is 5.53. The topological polar surface area (TPSA) is 42.4 Å². The van der Waals surface area contributed by atoms with Gasteiger partial charge < -0.3 is 9.64 Å². The predicted octanol–water partition coefficient (Wildman–Crippen LogP) is 4.14. The summed E-state index contributed by atoms with van der Waals surface area (Å²) in [6.07, 6.45) is 1.92. The number of hydrogen-bond donors (Lipinski definition) is 0. The van der Waals surface area contributed by atoms with Gasteiger partial charge in [-0.1, -0.05) is 30.3 Å². The van der Waals surface area contributed by atoms with E-state index in [0.29, 0.717) is 12.1 Å². The fourth-order valence-electron chi connectivity index (χ4n) is 3.61. The van der Waals surface area contributed by atoms with Crippen molar-refractivity contribution in [1.82, 2.24) is 4.98 Å². The van der Waals surface area contributed by atoms with Crippen LogP contribution >= 0.6 is 0 Å². The van der Waals surface area contributed by atoms with Crippen molar-refractivity contribution in [3.8, 4) is 5.75 Å². The Kier molecular flexibility index (Phi) is 3.88. The molecule has 0 saturated heterocycles. The molecule has 0 unspecified atom stereocenters. The van der Waals surface area contributed by atoms with E-state index in [-0.39, 0.29) is 5.91 Å². The van der Waals surface area contributed by atoms with Gasteiger partial charge in [0.05, 0.1) is 23.9 Å². The molecule has 0 bridgehead atoms. The second-order valence-corrected chi connectivity index (χ2v) is 6.36. The van der Waals surface area contributed by atoms with Crippen LogP contribution < -0.4 is 9.64 Å². The number of fused-ring (bicyclic) bond motifs is 2. The van der Waals surface area contributed by atoms with Gasteiger partial charge >= 0.3 is 0 Å². The number of methoxy groups -OCH3 is 1. The lowest BCUT2D eigenvalue weighted by Gasteiger charge is -2.31. The maximum absolute atomic E-state index is 13.4. The van der Waals surface area contributed by atoms with Crippen LogP contribution in [0.3, 0.4) is 0 Å². The van der Waals surface area contributed by atoms with E-state index in [2.05, 4.69) is 11.1 Å². The minimum Gasteiger partial charge on any atom is -0.495 e. The summed E-state index contributed by atoms with van der Waals surface area (Å²) in [6, 6.07) is 15.7. The van der Waals surface area contributed by atoms with Crippen LogP contribution in [0.5, 0.6) is 5.75 Å². The van der Waals surface area contributed by atoms with Gasteiger partial charge in [0.2, 0.25) is 0 Å². The first-order chi connectivity index (χ1) is 12.2. The van der Waals surface area contributed by atoms with Crippen molar-refractivity contribution in [3.05, 3.63) is 65.4 Å². The van der Waals surface area contributed by atoms with E-state index in [9.17, 15) is 4.79 Å². The molecule has 1 amide bonds.